The van der Waals surface area contributed by atoms with E-state index in [1.165, 1.54) is 0 Å². The van der Waals surface area contributed by atoms with Crippen molar-refractivity contribution in [1.29, 1.82) is 0 Å². The third-order valence-electron chi connectivity index (χ3n) is 0. The van der Waals surface area contributed by atoms with Gasteiger partial charge in [-0.3, -0.25) is 0 Å². The zero-order valence-electron chi connectivity index (χ0n) is 2.42. The van der Waals surface area contributed by atoms with E-state index >= 15 is 0 Å². The molecule has 0 fully saturated rings. The number of hydrogen-bond acceptors (Lipinski definition) is 4. The van der Waals surface area contributed by atoms with Gasteiger partial charge in [-0.1, -0.05) is 0 Å². The normalized spacial score (nSPS) is 1.71. The Labute approximate surface area is 131 Å². The number of rotatable bonds is 0. The molecule has 0 aliphatic rings. The van der Waals surface area contributed by atoms with Crippen molar-refractivity contribution in [2.75, 3.05) is 0 Å². The van der Waals surface area contributed by atoms with Gasteiger partial charge in [0, 0.05) is 0 Å². The largest absolute Gasteiger partial charge is 0.727 e. The average Bonchev–Trinajstić information content (AvgIpc) is 1.50. The van der Waals surface area contributed by atoms with Gasteiger partial charge in [0.25, 0.3) is 0 Å². The first kappa shape index (κ1) is 31.1. The van der Waals surface area contributed by atoms with Gasteiger partial charge in [0.05, 0.1) is 0 Å². The van der Waals surface area contributed by atoms with Crippen LogP contribution in [0.25, 0.3) is 0 Å². The van der Waals surface area contributed by atoms with Crippen LogP contribution in [-0.4, -0.2) is 124 Å². The summed E-state index contributed by atoms with van der Waals surface area (Å²) < 4.78 is 0. The molecule has 7 heavy (non-hydrogen) atoms. The van der Waals surface area contributed by atoms with Crippen LogP contribution < -0.4 is 10.5 Å². The Morgan fingerprint density at radius 2 is 0.714 bits per heavy atom. The molecule has 0 aromatic heterocycles. The summed E-state index contributed by atoms with van der Waals surface area (Å²) in [4.78, 5) is 0. The summed E-state index contributed by atoms with van der Waals surface area (Å²) in [5.41, 5.74) is 0. The van der Waals surface area contributed by atoms with Gasteiger partial charge in [0.15, 0.2) is 0 Å². The Morgan fingerprint density at radius 1 is 0.714 bits per heavy atom. The van der Waals surface area contributed by atoms with E-state index in [1.54, 1.807) is 0 Å². The van der Waals surface area contributed by atoms with Crippen molar-refractivity contribution in [2.24, 2.45) is 0 Å². The summed E-state index contributed by atoms with van der Waals surface area (Å²) in [6.45, 7) is 0. The van der Waals surface area contributed by atoms with Crippen LogP contribution in [0.3, 0.4) is 0 Å². The van der Waals surface area contributed by atoms with Gasteiger partial charge < -0.3 is 21.0 Å². The summed E-state index contributed by atoms with van der Waals surface area (Å²) in [5.74, 6) is 0. The van der Waals surface area contributed by atoms with E-state index in [0.29, 0.717) is 0 Å². The van der Waals surface area contributed by atoms with E-state index in [4.69, 9.17) is 21.0 Å². The van der Waals surface area contributed by atoms with Crippen LogP contribution >= 0.6 is 0 Å². The van der Waals surface area contributed by atoms with E-state index in [2.05, 4.69) is 0 Å². The SMILES string of the molecule is [Ca+2].[CaH2].[CaH2].[O-]O.[O-]O. The summed E-state index contributed by atoms with van der Waals surface area (Å²) in [6.07, 6.45) is 0. The Hall–Kier alpha value is 3.62. The fraction of sp³-hybridized carbons (Fsp3) is 0. The fourth-order valence-electron chi connectivity index (χ4n) is 0. The molecule has 0 aliphatic heterocycles. The molecule has 0 saturated heterocycles. The molecule has 0 saturated carbocycles. The molecule has 0 heterocycles. The standard InChI is InChI=1S/3Ca.2H2O2.4H/c;;;2*1-2;;;;/h;;;2*1-2H;;;;/q;;+2;;;;;;/p-2. The molecule has 7 heteroatoms. The quantitative estimate of drug-likeness (QED) is 0.229. The summed E-state index contributed by atoms with van der Waals surface area (Å²) >= 11 is 0. The average molecular weight is 190 g/mol. The second kappa shape index (κ2) is 54.6. The van der Waals surface area contributed by atoms with Gasteiger partial charge in [0.1, 0.15) is 0 Å². The molecule has 0 bridgehead atoms. The van der Waals surface area contributed by atoms with E-state index in [9.17, 15) is 0 Å². The van der Waals surface area contributed by atoms with Crippen molar-refractivity contribution in [3.8, 4) is 0 Å². The van der Waals surface area contributed by atoms with Crippen molar-refractivity contribution in [1.82, 2.24) is 0 Å². The smallest absolute Gasteiger partial charge is 0.468 e. The number of hydrogen-bond donors (Lipinski definition) is 2. The van der Waals surface area contributed by atoms with Gasteiger partial charge in [-0.05, 0) is 0 Å². The summed E-state index contributed by atoms with van der Waals surface area (Å²) in [6, 6.07) is 0. The molecule has 0 rings (SSSR count). The Bertz CT molecular complexity index is 6.90. The molecule has 0 aromatic carbocycles. The molecular weight excluding hydrogens is 184 g/mol. The van der Waals surface area contributed by atoms with Crippen molar-refractivity contribution in [3.05, 3.63) is 0 Å². The van der Waals surface area contributed by atoms with Gasteiger partial charge >= 0.3 is 113 Å². The molecule has 2 N–H and O–H groups in total. The molecular formula is H6Ca3O4. The third-order valence-corrected chi connectivity index (χ3v) is 0. The minimum Gasteiger partial charge on any atom is -0.727 e. The topological polar surface area (TPSA) is 86.6 Å². The first-order valence-electron chi connectivity index (χ1n) is 0.365. The molecule has 36 valence electrons. The van der Waals surface area contributed by atoms with Crippen molar-refractivity contribution in [3.63, 3.8) is 0 Å². The molecule has 0 radical (unpaired) electrons. The maximum absolute atomic E-state index is 7.25. The predicted molar refractivity (Wildman–Crippen MR) is 28.1 cm³/mol. The summed E-state index contributed by atoms with van der Waals surface area (Å²) in [7, 11) is 0. The van der Waals surface area contributed by atoms with E-state index < -0.39 is 0 Å². The summed E-state index contributed by atoms with van der Waals surface area (Å²) in [5, 5.41) is 26.0. The van der Waals surface area contributed by atoms with Crippen LogP contribution in [0, 0.1) is 0 Å². The van der Waals surface area contributed by atoms with Crippen molar-refractivity contribution in [2.45, 2.75) is 0 Å². The minimum absolute atomic E-state index is 0. The van der Waals surface area contributed by atoms with Crippen LogP contribution in [0.15, 0.2) is 0 Å². The molecule has 0 aromatic rings. The first-order chi connectivity index (χ1) is 2.00. The van der Waals surface area contributed by atoms with E-state index in [0.717, 1.165) is 0 Å². The van der Waals surface area contributed by atoms with E-state index in [-0.39, 0.29) is 113 Å². The van der Waals surface area contributed by atoms with Crippen LogP contribution in [0.5, 0.6) is 0 Å². The van der Waals surface area contributed by atoms with Gasteiger partial charge in [-0.25, -0.2) is 0 Å². The van der Waals surface area contributed by atoms with Gasteiger partial charge in [0.2, 0.25) is 0 Å². The fourth-order valence-corrected chi connectivity index (χ4v) is 0. The predicted octanol–water partition coefficient (Wildman–Crippen LogP) is -4.57. The van der Waals surface area contributed by atoms with Crippen molar-refractivity contribution < 1.29 is 21.0 Å². The molecule has 0 aliphatic carbocycles. The Balaban J connectivity index is -0.00000000267. The van der Waals surface area contributed by atoms with Gasteiger partial charge in [-0.2, -0.15) is 0 Å². The minimum atomic E-state index is 0. The maximum Gasteiger partial charge on any atom is -0.468 e. The Morgan fingerprint density at radius 3 is 0.714 bits per heavy atom. The monoisotopic (exact) mass is 190 g/mol. The van der Waals surface area contributed by atoms with Crippen LogP contribution in [-0.2, 0) is 0 Å². The van der Waals surface area contributed by atoms with Gasteiger partial charge in [-0.15, -0.1) is 0 Å². The van der Waals surface area contributed by atoms with Crippen LogP contribution in [0.1, 0.15) is 0 Å². The molecule has 0 amide bonds. The van der Waals surface area contributed by atoms with E-state index in [1.807, 2.05) is 0 Å². The van der Waals surface area contributed by atoms with Crippen LogP contribution in [0.4, 0.5) is 0 Å². The molecule has 0 spiro atoms. The first-order valence-corrected chi connectivity index (χ1v) is 0.365. The second-order valence-electron chi connectivity index (χ2n) is 0. The zero-order valence-corrected chi connectivity index (χ0v) is 4.63. The molecule has 0 unspecified atom stereocenters. The van der Waals surface area contributed by atoms with Crippen molar-refractivity contribution >= 4 is 113 Å². The third kappa shape index (κ3) is 42.6. The zero-order chi connectivity index (χ0) is 4.00. The maximum atomic E-state index is 7.25. The second-order valence-corrected chi connectivity index (χ2v) is 0. The molecule has 4 nitrogen and oxygen atoms in total. The van der Waals surface area contributed by atoms with Crippen LogP contribution in [0.2, 0.25) is 0 Å². The molecule has 0 atom stereocenters. The Kier molecular flexibility index (Phi) is 243.